The maximum absolute atomic E-state index is 14.1. The van der Waals surface area contributed by atoms with E-state index in [1.54, 1.807) is 29.4 Å². The number of sulfonamides is 1. The Balaban J connectivity index is 1.54. The normalized spacial score (nSPS) is 16.5. The third kappa shape index (κ3) is 4.76. The molecule has 0 radical (unpaired) electrons. The van der Waals surface area contributed by atoms with E-state index in [0.717, 1.165) is 26.9 Å². The molecule has 0 spiro atoms. The molecule has 0 saturated carbocycles. The molecule has 1 amide bonds. The van der Waals surface area contributed by atoms with E-state index < -0.39 is 16.1 Å². The van der Waals surface area contributed by atoms with Gasteiger partial charge in [-0.05, 0) is 79.8 Å². The van der Waals surface area contributed by atoms with Gasteiger partial charge in [0.15, 0.2) is 5.13 Å². The molecule has 2 aromatic carbocycles. The van der Waals surface area contributed by atoms with Crippen molar-refractivity contribution in [1.82, 2.24) is 14.3 Å². The largest absolute Gasteiger partial charge is 0.282 e. The van der Waals surface area contributed by atoms with E-state index in [0.29, 0.717) is 23.0 Å². The van der Waals surface area contributed by atoms with E-state index in [1.807, 2.05) is 26.0 Å². The lowest BCUT2D eigenvalue weighted by Crippen LogP contribution is -2.47. The quantitative estimate of drug-likeness (QED) is 0.329. The van der Waals surface area contributed by atoms with Gasteiger partial charge in [-0.15, -0.1) is 0 Å². The Morgan fingerprint density at radius 3 is 2.69 bits per heavy atom. The molecule has 1 aliphatic rings. The highest BCUT2D eigenvalue weighted by atomic mass is 35.5. The van der Waals surface area contributed by atoms with Gasteiger partial charge in [-0.1, -0.05) is 35.1 Å². The van der Waals surface area contributed by atoms with Gasteiger partial charge in [-0.2, -0.15) is 4.31 Å². The molecular formula is C26H25ClN4O3S2. The van der Waals surface area contributed by atoms with Gasteiger partial charge < -0.3 is 0 Å². The summed E-state index contributed by atoms with van der Waals surface area (Å²) >= 11 is 7.40. The lowest BCUT2D eigenvalue weighted by atomic mass is 10.1. The highest BCUT2D eigenvalue weighted by Crippen LogP contribution is 2.35. The van der Waals surface area contributed by atoms with Gasteiger partial charge >= 0.3 is 0 Å². The Labute approximate surface area is 219 Å². The number of aryl methyl sites for hydroxylation is 2. The molecule has 1 atom stereocenters. The fourth-order valence-corrected chi connectivity index (χ4v) is 7.51. The minimum atomic E-state index is -3.88. The van der Waals surface area contributed by atoms with Gasteiger partial charge in [0.2, 0.25) is 15.9 Å². The average molecular weight is 541 g/mol. The third-order valence-corrected chi connectivity index (χ3v) is 9.49. The molecule has 1 aliphatic heterocycles. The van der Waals surface area contributed by atoms with Crippen LogP contribution in [-0.4, -0.2) is 41.2 Å². The maximum Gasteiger partial charge on any atom is 0.247 e. The second kappa shape index (κ2) is 9.89. The molecule has 36 heavy (non-hydrogen) atoms. The van der Waals surface area contributed by atoms with Gasteiger partial charge in [0, 0.05) is 24.0 Å². The predicted octanol–water partition coefficient (Wildman–Crippen LogP) is 5.35. The number of anilines is 1. The SMILES string of the molecule is Cc1cc(C)c2nc(N(Cc3cccnc3)C(=O)C3CCCN3S(=O)(=O)c3ccc(Cl)cc3)sc2c1. The van der Waals surface area contributed by atoms with E-state index in [1.165, 1.54) is 27.8 Å². The van der Waals surface area contributed by atoms with Gasteiger partial charge in [0.25, 0.3) is 0 Å². The minimum Gasteiger partial charge on any atom is -0.282 e. The lowest BCUT2D eigenvalue weighted by Gasteiger charge is -2.28. The van der Waals surface area contributed by atoms with Crippen molar-refractivity contribution in [2.45, 2.75) is 44.2 Å². The fourth-order valence-electron chi connectivity index (χ4n) is 4.58. The molecule has 0 aliphatic carbocycles. The zero-order valence-corrected chi connectivity index (χ0v) is 22.3. The van der Waals surface area contributed by atoms with Gasteiger partial charge in [-0.3, -0.25) is 14.7 Å². The van der Waals surface area contributed by atoms with Crippen LogP contribution in [0.4, 0.5) is 5.13 Å². The highest BCUT2D eigenvalue weighted by molar-refractivity contribution is 7.89. The molecule has 10 heteroatoms. The summed E-state index contributed by atoms with van der Waals surface area (Å²) in [6.07, 6.45) is 4.43. The first-order valence-electron chi connectivity index (χ1n) is 11.6. The third-order valence-electron chi connectivity index (χ3n) is 6.29. The van der Waals surface area contributed by atoms with Crippen LogP contribution in [-0.2, 0) is 21.4 Å². The molecule has 2 aromatic heterocycles. The fraction of sp³-hybridized carbons (Fsp3) is 0.269. The monoisotopic (exact) mass is 540 g/mol. The van der Waals surface area contributed by atoms with Crippen LogP contribution in [0.15, 0.2) is 65.8 Å². The van der Waals surface area contributed by atoms with E-state index >= 15 is 0 Å². The van der Waals surface area contributed by atoms with Gasteiger partial charge in [0.1, 0.15) is 6.04 Å². The first kappa shape index (κ1) is 24.8. The van der Waals surface area contributed by atoms with Crippen molar-refractivity contribution in [3.63, 3.8) is 0 Å². The van der Waals surface area contributed by atoms with Crippen LogP contribution >= 0.6 is 22.9 Å². The minimum absolute atomic E-state index is 0.122. The molecule has 0 N–H and O–H groups in total. The summed E-state index contributed by atoms with van der Waals surface area (Å²) < 4.78 is 29.3. The van der Waals surface area contributed by atoms with Crippen molar-refractivity contribution in [3.8, 4) is 0 Å². The Morgan fingerprint density at radius 2 is 1.97 bits per heavy atom. The number of pyridine rings is 1. The molecular weight excluding hydrogens is 516 g/mol. The molecule has 4 aromatic rings. The Kier molecular flexibility index (Phi) is 6.82. The lowest BCUT2D eigenvalue weighted by molar-refractivity contribution is -0.121. The van der Waals surface area contributed by atoms with Crippen LogP contribution in [0.1, 0.15) is 29.5 Å². The summed E-state index contributed by atoms with van der Waals surface area (Å²) in [6, 6.07) is 13.1. The number of nitrogens with zero attached hydrogens (tertiary/aromatic N) is 4. The van der Waals surface area contributed by atoms with Gasteiger partial charge in [-0.25, -0.2) is 13.4 Å². The number of aromatic nitrogens is 2. The summed E-state index contributed by atoms with van der Waals surface area (Å²) in [5, 5.41) is 0.996. The topological polar surface area (TPSA) is 83.5 Å². The molecule has 186 valence electrons. The predicted molar refractivity (Wildman–Crippen MR) is 143 cm³/mol. The van der Waals surface area contributed by atoms with E-state index in [9.17, 15) is 13.2 Å². The molecule has 5 rings (SSSR count). The van der Waals surface area contributed by atoms with E-state index in [4.69, 9.17) is 16.6 Å². The van der Waals surface area contributed by atoms with Crippen LogP contribution in [0.3, 0.4) is 0 Å². The van der Waals surface area contributed by atoms with Crippen LogP contribution in [0.5, 0.6) is 0 Å². The summed E-state index contributed by atoms with van der Waals surface area (Å²) in [5.74, 6) is -0.290. The number of hydrogen-bond acceptors (Lipinski definition) is 6. The van der Waals surface area contributed by atoms with Crippen molar-refractivity contribution in [3.05, 3.63) is 82.6 Å². The van der Waals surface area contributed by atoms with Crippen molar-refractivity contribution in [2.75, 3.05) is 11.4 Å². The number of thiazole rings is 1. The van der Waals surface area contributed by atoms with Crippen molar-refractivity contribution >= 4 is 54.2 Å². The number of benzene rings is 2. The van der Waals surface area contributed by atoms with Crippen LogP contribution < -0.4 is 4.90 Å². The van der Waals surface area contributed by atoms with E-state index in [-0.39, 0.29) is 23.9 Å². The Morgan fingerprint density at radius 1 is 1.19 bits per heavy atom. The maximum atomic E-state index is 14.1. The number of rotatable bonds is 6. The summed E-state index contributed by atoms with van der Waals surface area (Å²) in [7, 11) is -3.88. The zero-order valence-electron chi connectivity index (χ0n) is 19.9. The summed E-state index contributed by atoms with van der Waals surface area (Å²) in [5.41, 5.74) is 3.84. The van der Waals surface area contributed by atoms with Crippen LogP contribution in [0.25, 0.3) is 10.2 Å². The number of amides is 1. The second-order valence-corrected chi connectivity index (χ2v) is 12.3. The number of fused-ring (bicyclic) bond motifs is 1. The zero-order chi connectivity index (χ0) is 25.4. The summed E-state index contributed by atoms with van der Waals surface area (Å²) in [4.78, 5) is 24.8. The molecule has 7 nitrogen and oxygen atoms in total. The van der Waals surface area contributed by atoms with Crippen molar-refractivity contribution in [1.29, 1.82) is 0 Å². The standard InChI is InChI=1S/C26H25ClN4O3S2/c1-17-13-18(2)24-23(14-17)35-26(29-24)30(16-19-5-3-11-28-15-19)25(32)22-6-4-12-31(22)36(33,34)21-9-7-20(27)8-10-21/h3,5,7-11,13-15,22H,4,6,12,16H2,1-2H3. The average Bonchev–Trinajstić information content (AvgIpc) is 3.51. The van der Waals surface area contributed by atoms with Gasteiger partial charge in [0.05, 0.1) is 21.7 Å². The Bertz CT molecular complexity index is 1520. The molecule has 1 fully saturated rings. The highest BCUT2D eigenvalue weighted by Gasteiger charge is 2.42. The first-order valence-corrected chi connectivity index (χ1v) is 14.2. The molecule has 1 saturated heterocycles. The van der Waals surface area contributed by atoms with E-state index in [2.05, 4.69) is 17.1 Å². The van der Waals surface area contributed by atoms with Crippen LogP contribution in [0.2, 0.25) is 5.02 Å². The molecule has 1 unspecified atom stereocenters. The number of carbonyl (C=O) groups is 1. The van der Waals surface area contributed by atoms with Crippen molar-refractivity contribution in [2.24, 2.45) is 0 Å². The number of halogens is 1. The second-order valence-electron chi connectivity index (χ2n) is 8.94. The number of carbonyl (C=O) groups excluding carboxylic acids is 1. The number of hydrogen-bond donors (Lipinski definition) is 0. The summed E-state index contributed by atoms with van der Waals surface area (Å²) in [6.45, 7) is 4.56. The van der Waals surface area contributed by atoms with Crippen LogP contribution in [0, 0.1) is 13.8 Å². The molecule has 3 heterocycles. The Hall–Kier alpha value is -2.85. The first-order chi connectivity index (χ1) is 17.2. The van der Waals surface area contributed by atoms with Crippen molar-refractivity contribution < 1.29 is 13.2 Å². The smallest absolute Gasteiger partial charge is 0.247 e. The molecule has 0 bridgehead atoms.